The standard InChI is InChI=1S/C29H64N2O3Si/c1-7-13-16-20-27(10-4)32-35(26-19-24-31-25-23-30,33-28(11-5)21-17-14-8-2)34-29(12-6)22-18-15-9-3/h27-29,31H,7-26,30H2,1-6H3. The number of rotatable bonds is 27. The maximum absolute atomic E-state index is 7.06. The average molecular weight is 517 g/mol. The summed E-state index contributed by atoms with van der Waals surface area (Å²) < 4.78 is 21.2. The molecular formula is C29H64N2O3Si. The Labute approximate surface area is 221 Å². The Bertz CT molecular complexity index is 392. The predicted octanol–water partition coefficient (Wildman–Crippen LogP) is 7.99. The van der Waals surface area contributed by atoms with Crippen LogP contribution in [0.1, 0.15) is 144 Å². The van der Waals surface area contributed by atoms with E-state index in [1.54, 1.807) is 0 Å². The van der Waals surface area contributed by atoms with Gasteiger partial charge in [0.2, 0.25) is 0 Å². The van der Waals surface area contributed by atoms with Gasteiger partial charge in [0.05, 0.1) is 0 Å². The Hall–Kier alpha value is 0.0169. The zero-order valence-corrected chi connectivity index (χ0v) is 25.7. The summed E-state index contributed by atoms with van der Waals surface area (Å²) in [5.41, 5.74) is 5.69. The quantitative estimate of drug-likeness (QED) is 0.0855. The van der Waals surface area contributed by atoms with Crippen LogP contribution in [0.25, 0.3) is 0 Å². The molecule has 0 aromatic carbocycles. The Kier molecular flexibility index (Phi) is 24.4. The van der Waals surface area contributed by atoms with E-state index < -0.39 is 8.80 Å². The second-order valence-electron chi connectivity index (χ2n) is 10.3. The van der Waals surface area contributed by atoms with Crippen molar-refractivity contribution in [2.45, 2.75) is 169 Å². The molecule has 3 unspecified atom stereocenters. The van der Waals surface area contributed by atoms with Crippen molar-refractivity contribution in [3.63, 3.8) is 0 Å². The van der Waals surface area contributed by atoms with Crippen LogP contribution in [0.15, 0.2) is 0 Å². The fourth-order valence-electron chi connectivity index (χ4n) is 4.58. The third kappa shape index (κ3) is 18.0. The third-order valence-corrected chi connectivity index (χ3v) is 9.99. The minimum absolute atomic E-state index is 0.228. The summed E-state index contributed by atoms with van der Waals surface area (Å²) in [4.78, 5) is 0. The molecule has 0 radical (unpaired) electrons. The van der Waals surface area contributed by atoms with Crippen molar-refractivity contribution in [3.05, 3.63) is 0 Å². The summed E-state index contributed by atoms with van der Waals surface area (Å²) in [6.45, 7) is 16.1. The molecule has 0 aliphatic carbocycles. The number of nitrogens with one attached hydrogen (secondary N) is 1. The molecule has 0 spiro atoms. The highest BCUT2D eigenvalue weighted by molar-refractivity contribution is 6.60. The fourth-order valence-corrected chi connectivity index (χ4v) is 8.09. The van der Waals surface area contributed by atoms with Gasteiger partial charge in [0.15, 0.2) is 0 Å². The lowest BCUT2D eigenvalue weighted by atomic mass is 10.1. The van der Waals surface area contributed by atoms with Crippen molar-refractivity contribution < 1.29 is 13.3 Å². The summed E-state index contributed by atoms with van der Waals surface area (Å²) >= 11 is 0. The van der Waals surface area contributed by atoms with Gasteiger partial charge in [-0.05, 0) is 51.5 Å². The summed E-state index contributed by atoms with van der Waals surface area (Å²) in [5.74, 6) is 0. The smallest absolute Gasteiger partial charge is 0.370 e. The van der Waals surface area contributed by atoms with Gasteiger partial charge in [-0.15, -0.1) is 0 Å². The minimum atomic E-state index is -2.86. The SMILES string of the molecule is CCCCCC(CC)O[Si](CCCNCCN)(OC(CC)CCCCC)OC(CC)CCCCC. The molecule has 0 bridgehead atoms. The Morgan fingerprint density at radius 1 is 0.571 bits per heavy atom. The first-order valence-electron chi connectivity index (χ1n) is 15.5. The zero-order valence-electron chi connectivity index (χ0n) is 24.7. The lowest BCUT2D eigenvalue weighted by Gasteiger charge is -2.38. The highest BCUT2D eigenvalue weighted by atomic mass is 28.4. The molecule has 0 saturated carbocycles. The van der Waals surface area contributed by atoms with E-state index in [1.807, 2.05) is 0 Å². The molecule has 0 fully saturated rings. The summed E-state index contributed by atoms with van der Waals surface area (Å²) in [5, 5.41) is 3.47. The third-order valence-electron chi connectivity index (χ3n) is 6.95. The van der Waals surface area contributed by atoms with Gasteiger partial charge in [-0.1, -0.05) is 99.3 Å². The number of unbranched alkanes of at least 4 members (excludes halogenated alkanes) is 6. The molecule has 3 atom stereocenters. The predicted molar refractivity (Wildman–Crippen MR) is 155 cm³/mol. The van der Waals surface area contributed by atoms with E-state index in [2.05, 4.69) is 46.9 Å². The van der Waals surface area contributed by atoms with Crippen LogP contribution in [0.5, 0.6) is 0 Å². The van der Waals surface area contributed by atoms with Crippen molar-refractivity contribution in [1.82, 2.24) is 5.32 Å². The van der Waals surface area contributed by atoms with Crippen LogP contribution in [0.2, 0.25) is 6.04 Å². The highest BCUT2D eigenvalue weighted by Gasteiger charge is 2.46. The number of hydrogen-bond acceptors (Lipinski definition) is 5. The highest BCUT2D eigenvalue weighted by Crippen LogP contribution is 2.30. The molecule has 0 saturated heterocycles. The molecule has 0 aliphatic rings. The molecule has 3 N–H and O–H groups in total. The molecule has 0 aromatic heterocycles. The van der Waals surface area contributed by atoms with Crippen LogP contribution >= 0.6 is 0 Å². The van der Waals surface area contributed by atoms with E-state index in [-0.39, 0.29) is 18.3 Å². The van der Waals surface area contributed by atoms with Crippen LogP contribution < -0.4 is 11.1 Å². The first-order valence-corrected chi connectivity index (χ1v) is 17.4. The Morgan fingerprint density at radius 2 is 0.971 bits per heavy atom. The van der Waals surface area contributed by atoms with E-state index in [1.165, 1.54) is 57.8 Å². The van der Waals surface area contributed by atoms with Crippen LogP contribution in [0.4, 0.5) is 0 Å². The van der Waals surface area contributed by atoms with Gasteiger partial charge in [-0.2, -0.15) is 0 Å². The van der Waals surface area contributed by atoms with E-state index >= 15 is 0 Å². The van der Waals surface area contributed by atoms with Crippen molar-refractivity contribution in [2.24, 2.45) is 5.73 Å². The van der Waals surface area contributed by atoms with Gasteiger partial charge in [0.25, 0.3) is 0 Å². The number of nitrogens with two attached hydrogens (primary N) is 1. The molecule has 0 aliphatic heterocycles. The van der Waals surface area contributed by atoms with Gasteiger partial charge in [-0.25, -0.2) is 0 Å². The van der Waals surface area contributed by atoms with E-state index in [9.17, 15) is 0 Å². The van der Waals surface area contributed by atoms with Crippen LogP contribution in [0.3, 0.4) is 0 Å². The first kappa shape index (κ1) is 35.0. The second-order valence-corrected chi connectivity index (χ2v) is 12.8. The van der Waals surface area contributed by atoms with E-state index in [0.29, 0.717) is 6.54 Å². The molecule has 212 valence electrons. The second kappa shape index (κ2) is 24.4. The molecule has 0 rings (SSSR count). The minimum Gasteiger partial charge on any atom is -0.370 e. The van der Waals surface area contributed by atoms with Gasteiger partial charge in [0.1, 0.15) is 0 Å². The summed E-state index contributed by atoms with van der Waals surface area (Å²) in [6.07, 6.45) is 19.3. The molecule has 0 heterocycles. The lowest BCUT2D eigenvalue weighted by Crippen LogP contribution is -2.53. The average Bonchev–Trinajstić information content (AvgIpc) is 2.87. The summed E-state index contributed by atoms with van der Waals surface area (Å²) in [6, 6.07) is 0.892. The maximum atomic E-state index is 7.06. The fraction of sp³-hybridized carbons (Fsp3) is 1.00. The molecule has 5 nitrogen and oxygen atoms in total. The largest absolute Gasteiger partial charge is 0.501 e. The van der Waals surface area contributed by atoms with Gasteiger partial charge < -0.3 is 24.3 Å². The Balaban J connectivity index is 5.77. The van der Waals surface area contributed by atoms with Gasteiger partial charge in [-0.3, -0.25) is 0 Å². The van der Waals surface area contributed by atoms with Crippen molar-refractivity contribution in [2.75, 3.05) is 19.6 Å². The van der Waals surface area contributed by atoms with E-state index in [0.717, 1.165) is 64.1 Å². The van der Waals surface area contributed by atoms with Crippen LogP contribution in [-0.4, -0.2) is 46.8 Å². The van der Waals surface area contributed by atoms with Crippen molar-refractivity contribution in [3.8, 4) is 0 Å². The van der Waals surface area contributed by atoms with E-state index in [4.69, 9.17) is 19.0 Å². The molecule has 0 aromatic rings. The molecular weight excluding hydrogens is 452 g/mol. The number of hydrogen-bond donors (Lipinski definition) is 2. The molecule has 0 amide bonds. The molecule has 35 heavy (non-hydrogen) atoms. The lowest BCUT2D eigenvalue weighted by molar-refractivity contribution is -0.0291. The van der Waals surface area contributed by atoms with Crippen molar-refractivity contribution in [1.29, 1.82) is 0 Å². The Morgan fingerprint density at radius 3 is 1.29 bits per heavy atom. The topological polar surface area (TPSA) is 65.7 Å². The van der Waals surface area contributed by atoms with Crippen LogP contribution in [0, 0.1) is 0 Å². The zero-order chi connectivity index (χ0) is 26.2. The van der Waals surface area contributed by atoms with Crippen LogP contribution in [-0.2, 0) is 13.3 Å². The van der Waals surface area contributed by atoms with Gasteiger partial charge >= 0.3 is 8.80 Å². The molecule has 6 heteroatoms. The first-order chi connectivity index (χ1) is 17.0. The summed E-state index contributed by atoms with van der Waals surface area (Å²) in [7, 11) is -2.86. The van der Waals surface area contributed by atoms with Gasteiger partial charge in [0, 0.05) is 37.4 Å². The monoisotopic (exact) mass is 516 g/mol. The maximum Gasteiger partial charge on any atom is 0.501 e. The van der Waals surface area contributed by atoms with Crippen molar-refractivity contribution >= 4 is 8.80 Å². The normalized spacial score (nSPS) is 16.2.